The summed E-state index contributed by atoms with van der Waals surface area (Å²) in [5, 5.41) is 3.56. The molecule has 0 amide bonds. The van der Waals surface area contributed by atoms with Gasteiger partial charge in [-0.25, -0.2) is 0 Å². The third kappa shape index (κ3) is 4.93. The maximum absolute atomic E-state index is 5.51. The molecule has 1 aliphatic rings. The summed E-state index contributed by atoms with van der Waals surface area (Å²) in [7, 11) is 1.79. The van der Waals surface area contributed by atoms with Crippen molar-refractivity contribution in [3.8, 4) is 0 Å². The fourth-order valence-electron chi connectivity index (χ4n) is 2.55. The molecule has 1 heterocycles. The normalized spacial score (nSPS) is 17.1. The second kappa shape index (κ2) is 7.81. The average Bonchev–Trinajstić information content (AvgIpc) is 3.12. The van der Waals surface area contributed by atoms with E-state index in [2.05, 4.69) is 30.1 Å². The van der Waals surface area contributed by atoms with Gasteiger partial charge in [0, 0.05) is 25.7 Å². The van der Waals surface area contributed by atoms with E-state index in [9.17, 15) is 0 Å². The van der Waals surface area contributed by atoms with E-state index in [-0.39, 0.29) is 0 Å². The van der Waals surface area contributed by atoms with E-state index < -0.39 is 0 Å². The summed E-state index contributed by atoms with van der Waals surface area (Å²) >= 11 is 0. The smallest absolute Gasteiger partial charge is 0.117 e. The van der Waals surface area contributed by atoms with Crippen LogP contribution in [0.25, 0.3) is 0 Å². The first-order chi connectivity index (χ1) is 9.70. The van der Waals surface area contributed by atoms with E-state index in [1.807, 2.05) is 6.07 Å². The maximum Gasteiger partial charge on any atom is 0.117 e. The van der Waals surface area contributed by atoms with Gasteiger partial charge in [-0.05, 0) is 37.4 Å². The van der Waals surface area contributed by atoms with Crippen LogP contribution in [0.3, 0.4) is 0 Å². The largest absolute Gasteiger partial charge is 0.468 e. The number of methoxy groups -OCH3 is 1. The van der Waals surface area contributed by atoms with Crippen molar-refractivity contribution in [3.63, 3.8) is 0 Å². The van der Waals surface area contributed by atoms with Gasteiger partial charge in [-0.15, -0.1) is 0 Å². The zero-order chi connectivity index (χ0) is 14.4. The summed E-state index contributed by atoms with van der Waals surface area (Å²) in [6.07, 6.45) is 4.35. The first-order valence-corrected chi connectivity index (χ1v) is 7.68. The van der Waals surface area contributed by atoms with Crippen LogP contribution >= 0.6 is 0 Å². The Kier molecular flexibility index (Phi) is 6.07. The lowest BCUT2D eigenvalue weighted by molar-refractivity contribution is 0.0738. The van der Waals surface area contributed by atoms with Crippen LogP contribution in [-0.2, 0) is 11.3 Å². The van der Waals surface area contributed by atoms with Gasteiger partial charge in [-0.1, -0.05) is 13.8 Å². The molecule has 0 bridgehead atoms. The quantitative estimate of drug-likeness (QED) is 0.714. The summed E-state index contributed by atoms with van der Waals surface area (Å²) in [6.45, 7) is 8.15. The SMILES string of the molecule is COCC(CNCC(C)C)N(Cc1ccco1)C1CC1. The number of hydrogen-bond acceptors (Lipinski definition) is 4. The molecular formula is C16H28N2O2. The van der Waals surface area contributed by atoms with Crippen molar-refractivity contribution < 1.29 is 9.15 Å². The molecular weight excluding hydrogens is 252 g/mol. The number of furan rings is 1. The van der Waals surface area contributed by atoms with Crippen LogP contribution in [0.1, 0.15) is 32.4 Å². The first kappa shape index (κ1) is 15.5. The van der Waals surface area contributed by atoms with Gasteiger partial charge in [0.2, 0.25) is 0 Å². The van der Waals surface area contributed by atoms with Crippen molar-refractivity contribution in [2.75, 3.05) is 26.8 Å². The molecule has 20 heavy (non-hydrogen) atoms. The van der Waals surface area contributed by atoms with Gasteiger partial charge in [0.1, 0.15) is 5.76 Å². The third-order valence-electron chi connectivity index (χ3n) is 3.70. The standard InChI is InChI=1S/C16H28N2O2/c1-13(2)9-17-10-15(12-19-3)18(14-6-7-14)11-16-5-4-8-20-16/h4-5,8,13-15,17H,6-7,9-12H2,1-3H3. The Morgan fingerprint density at radius 2 is 2.20 bits per heavy atom. The first-order valence-electron chi connectivity index (χ1n) is 7.68. The highest BCUT2D eigenvalue weighted by molar-refractivity contribution is 5.01. The molecule has 4 heteroatoms. The van der Waals surface area contributed by atoms with E-state index in [0.717, 1.165) is 32.0 Å². The van der Waals surface area contributed by atoms with Crippen LogP contribution in [0, 0.1) is 5.92 Å². The molecule has 1 aromatic heterocycles. The van der Waals surface area contributed by atoms with Gasteiger partial charge in [0.25, 0.3) is 0 Å². The minimum Gasteiger partial charge on any atom is -0.468 e. The highest BCUT2D eigenvalue weighted by Crippen LogP contribution is 2.30. The molecule has 4 nitrogen and oxygen atoms in total. The number of rotatable bonds is 10. The van der Waals surface area contributed by atoms with Gasteiger partial charge in [0.15, 0.2) is 0 Å². The molecule has 0 aromatic carbocycles. The fraction of sp³-hybridized carbons (Fsp3) is 0.750. The molecule has 0 spiro atoms. The number of nitrogens with one attached hydrogen (secondary N) is 1. The van der Waals surface area contributed by atoms with E-state index in [4.69, 9.17) is 9.15 Å². The minimum absolute atomic E-state index is 0.413. The van der Waals surface area contributed by atoms with Crippen molar-refractivity contribution in [1.82, 2.24) is 10.2 Å². The van der Waals surface area contributed by atoms with Crippen molar-refractivity contribution in [3.05, 3.63) is 24.2 Å². The molecule has 0 radical (unpaired) electrons. The molecule has 0 saturated heterocycles. The molecule has 1 N–H and O–H groups in total. The van der Waals surface area contributed by atoms with Crippen LogP contribution in [0.5, 0.6) is 0 Å². The zero-order valence-electron chi connectivity index (χ0n) is 13.0. The molecule has 1 atom stereocenters. The fourth-order valence-corrected chi connectivity index (χ4v) is 2.55. The molecule has 114 valence electrons. The van der Waals surface area contributed by atoms with E-state index in [0.29, 0.717) is 18.0 Å². The Morgan fingerprint density at radius 3 is 2.75 bits per heavy atom. The van der Waals surface area contributed by atoms with Crippen LogP contribution in [0.15, 0.2) is 22.8 Å². The number of nitrogens with zero attached hydrogens (tertiary/aromatic N) is 1. The Hall–Kier alpha value is -0.840. The monoisotopic (exact) mass is 280 g/mol. The average molecular weight is 280 g/mol. The van der Waals surface area contributed by atoms with Crippen molar-refractivity contribution in [1.29, 1.82) is 0 Å². The van der Waals surface area contributed by atoms with Crippen LogP contribution in [0.2, 0.25) is 0 Å². The lowest BCUT2D eigenvalue weighted by atomic mass is 10.2. The molecule has 1 aromatic rings. The summed E-state index contributed by atoms with van der Waals surface area (Å²) in [5.41, 5.74) is 0. The predicted molar refractivity (Wildman–Crippen MR) is 80.6 cm³/mol. The van der Waals surface area contributed by atoms with Gasteiger partial charge in [-0.3, -0.25) is 4.90 Å². The number of hydrogen-bond donors (Lipinski definition) is 1. The topological polar surface area (TPSA) is 37.6 Å². The summed E-state index contributed by atoms with van der Waals surface area (Å²) in [5.74, 6) is 1.72. The Balaban J connectivity index is 1.91. The highest BCUT2D eigenvalue weighted by Gasteiger charge is 2.34. The summed E-state index contributed by atoms with van der Waals surface area (Å²) in [6, 6.07) is 5.13. The Morgan fingerprint density at radius 1 is 1.40 bits per heavy atom. The summed E-state index contributed by atoms with van der Waals surface area (Å²) < 4.78 is 10.9. The second-order valence-corrected chi connectivity index (χ2v) is 6.14. The van der Waals surface area contributed by atoms with Gasteiger partial charge in [-0.2, -0.15) is 0 Å². The van der Waals surface area contributed by atoms with Crippen molar-refractivity contribution >= 4 is 0 Å². The Bertz CT molecular complexity index is 361. The maximum atomic E-state index is 5.51. The van der Waals surface area contributed by atoms with Crippen molar-refractivity contribution in [2.45, 2.75) is 45.3 Å². The number of ether oxygens (including phenoxy) is 1. The van der Waals surface area contributed by atoms with Gasteiger partial charge >= 0.3 is 0 Å². The lowest BCUT2D eigenvalue weighted by Crippen LogP contribution is -2.46. The molecule has 1 unspecified atom stereocenters. The summed E-state index contributed by atoms with van der Waals surface area (Å²) in [4.78, 5) is 2.54. The van der Waals surface area contributed by atoms with Crippen molar-refractivity contribution in [2.24, 2.45) is 5.92 Å². The molecule has 2 rings (SSSR count). The molecule has 1 fully saturated rings. The molecule has 0 aliphatic heterocycles. The lowest BCUT2D eigenvalue weighted by Gasteiger charge is -2.31. The van der Waals surface area contributed by atoms with Crippen LogP contribution in [0.4, 0.5) is 0 Å². The predicted octanol–water partition coefficient (Wildman–Crippen LogP) is 2.50. The molecule has 1 saturated carbocycles. The Labute approximate surface area is 122 Å². The van der Waals surface area contributed by atoms with Gasteiger partial charge < -0.3 is 14.5 Å². The van der Waals surface area contributed by atoms with E-state index >= 15 is 0 Å². The second-order valence-electron chi connectivity index (χ2n) is 6.14. The van der Waals surface area contributed by atoms with Crippen LogP contribution < -0.4 is 5.32 Å². The van der Waals surface area contributed by atoms with E-state index in [1.165, 1.54) is 12.8 Å². The highest BCUT2D eigenvalue weighted by atomic mass is 16.5. The third-order valence-corrected chi connectivity index (χ3v) is 3.70. The van der Waals surface area contributed by atoms with Crippen LogP contribution in [-0.4, -0.2) is 43.8 Å². The van der Waals surface area contributed by atoms with Gasteiger partial charge in [0.05, 0.1) is 19.4 Å². The molecule has 1 aliphatic carbocycles. The van der Waals surface area contributed by atoms with E-state index in [1.54, 1.807) is 13.4 Å². The minimum atomic E-state index is 0.413. The zero-order valence-corrected chi connectivity index (χ0v) is 13.0.